The molecule has 0 spiro atoms. The van der Waals surface area contributed by atoms with E-state index < -0.39 is 11.5 Å². The van der Waals surface area contributed by atoms with Crippen molar-refractivity contribution in [2.75, 3.05) is 6.61 Å². The summed E-state index contributed by atoms with van der Waals surface area (Å²) in [5.74, 6) is 0.641. The smallest absolute Gasteiger partial charge is 0.128 e. The van der Waals surface area contributed by atoms with Gasteiger partial charge in [0.05, 0.1) is 18.9 Å². The molecule has 1 aromatic carbocycles. The summed E-state index contributed by atoms with van der Waals surface area (Å²) in [6.45, 7) is 0.390. The Hall–Kier alpha value is -1.61. The maximum Gasteiger partial charge on any atom is 0.128 e. The Morgan fingerprint density at radius 2 is 2.30 bits per heavy atom. The van der Waals surface area contributed by atoms with Crippen LogP contribution in [-0.2, 0) is 5.41 Å². The lowest BCUT2D eigenvalue weighted by atomic mass is 9.73. The Bertz CT molecular complexity index is 682. The van der Waals surface area contributed by atoms with Gasteiger partial charge in [-0.2, -0.15) is 5.26 Å². The number of aromatic nitrogens is 1. The number of hydrogen-bond acceptors (Lipinski definition) is 5. The third kappa shape index (κ3) is 1.97. The van der Waals surface area contributed by atoms with Crippen LogP contribution in [0.3, 0.4) is 0 Å². The second kappa shape index (κ2) is 5.06. The van der Waals surface area contributed by atoms with Crippen LogP contribution in [-0.4, -0.2) is 16.7 Å². The van der Waals surface area contributed by atoms with Crippen LogP contribution in [0.5, 0.6) is 5.75 Å². The predicted molar refractivity (Wildman–Crippen MR) is 75.9 cm³/mol. The topological polar surface area (TPSA) is 66.1 Å². The molecule has 1 aliphatic rings. The van der Waals surface area contributed by atoms with Crippen LogP contribution in [0.4, 0.5) is 0 Å². The van der Waals surface area contributed by atoms with Crippen molar-refractivity contribution in [1.82, 2.24) is 4.98 Å². The zero-order chi connectivity index (χ0) is 14.2. The summed E-state index contributed by atoms with van der Waals surface area (Å²) in [5.41, 5.74) is -0.344. The monoisotopic (exact) mass is 306 g/mol. The molecule has 0 bridgehead atoms. The molecule has 2 unspecified atom stereocenters. The minimum Gasteiger partial charge on any atom is -0.493 e. The molecule has 2 aromatic rings. The van der Waals surface area contributed by atoms with E-state index in [2.05, 4.69) is 11.1 Å². The van der Waals surface area contributed by atoms with E-state index in [0.29, 0.717) is 33.7 Å². The van der Waals surface area contributed by atoms with Crippen LogP contribution in [0, 0.1) is 11.3 Å². The van der Waals surface area contributed by atoms with Crippen LogP contribution in [0.15, 0.2) is 30.5 Å². The first-order valence-corrected chi connectivity index (χ1v) is 7.30. The molecule has 3 rings (SSSR count). The van der Waals surface area contributed by atoms with Gasteiger partial charge in [0.15, 0.2) is 0 Å². The molecule has 0 saturated heterocycles. The quantitative estimate of drug-likeness (QED) is 0.926. The minimum atomic E-state index is -1.05. The van der Waals surface area contributed by atoms with Crippen molar-refractivity contribution in [2.45, 2.75) is 17.9 Å². The van der Waals surface area contributed by atoms with E-state index in [1.54, 1.807) is 0 Å². The summed E-state index contributed by atoms with van der Waals surface area (Å²) in [5, 5.41) is 20.8. The molecular formula is C14H11ClN2O2S. The highest BCUT2D eigenvalue weighted by Crippen LogP contribution is 2.47. The summed E-state index contributed by atoms with van der Waals surface area (Å²) in [4.78, 5) is 4.10. The van der Waals surface area contributed by atoms with Gasteiger partial charge in [0.1, 0.15) is 26.6 Å². The molecule has 4 nitrogen and oxygen atoms in total. The van der Waals surface area contributed by atoms with Crippen LogP contribution >= 0.6 is 22.9 Å². The molecule has 0 aliphatic carbocycles. The number of nitriles is 1. The van der Waals surface area contributed by atoms with E-state index in [1.807, 2.05) is 24.3 Å². The molecular weight excluding hydrogens is 296 g/mol. The van der Waals surface area contributed by atoms with Gasteiger partial charge in [-0.3, -0.25) is 0 Å². The molecule has 0 amide bonds. The number of hydrogen-bond donors (Lipinski definition) is 1. The van der Waals surface area contributed by atoms with E-state index in [9.17, 15) is 10.4 Å². The molecule has 0 saturated carbocycles. The minimum absolute atomic E-state index is 0.390. The number of benzene rings is 1. The summed E-state index contributed by atoms with van der Waals surface area (Å²) < 4.78 is 6.06. The van der Waals surface area contributed by atoms with Crippen molar-refractivity contribution in [1.29, 1.82) is 5.26 Å². The maximum absolute atomic E-state index is 10.7. The SMILES string of the molecule is N#CC1(C(O)c2ncc(Cl)s2)CCOc2ccccc21. The Balaban J connectivity index is 2.12. The zero-order valence-corrected chi connectivity index (χ0v) is 12.0. The van der Waals surface area contributed by atoms with Gasteiger partial charge in [-0.15, -0.1) is 11.3 Å². The number of nitrogens with zero attached hydrogens (tertiary/aromatic N) is 2. The Morgan fingerprint density at radius 3 is 3.00 bits per heavy atom. The third-order valence-electron chi connectivity index (χ3n) is 3.52. The fraction of sp³-hybridized carbons (Fsp3) is 0.286. The van der Waals surface area contributed by atoms with Crippen LogP contribution in [0.25, 0.3) is 0 Å². The van der Waals surface area contributed by atoms with Crippen molar-refractivity contribution < 1.29 is 9.84 Å². The van der Waals surface area contributed by atoms with Gasteiger partial charge in [0, 0.05) is 12.0 Å². The molecule has 0 fully saturated rings. The largest absolute Gasteiger partial charge is 0.493 e. The molecule has 2 atom stereocenters. The van der Waals surface area contributed by atoms with E-state index in [0.717, 1.165) is 0 Å². The van der Waals surface area contributed by atoms with Gasteiger partial charge in [0.25, 0.3) is 0 Å². The van der Waals surface area contributed by atoms with Crippen molar-refractivity contribution in [3.8, 4) is 11.8 Å². The molecule has 1 N–H and O–H groups in total. The lowest BCUT2D eigenvalue weighted by molar-refractivity contribution is 0.0804. The third-order valence-corrected chi connectivity index (χ3v) is 4.68. The van der Waals surface area contributed by atoms with Gasteiger partial charge in [-0.1, -0.05) is 29.8 Å². The highest BCUT2D eigenvalue weighted by molar-refractivity contribution is 7.15. The van der Waals surface area contributed by atoms with Gasteiger partial charge >= 0.3 is 0 Å². The number of ether oxygens (including phenoxy) is 1. The lowest BCUT2D eigenvalue weighted by Crippen LogP contribution is -2.37. The normalized spacial score (nSPS) is 22.4. The fourth-order valence-corrected chi connectivity index (χ4v) is 3.49. The molecule has 1 aliphatic heterocycles. The van der Waals surface area contributed by atoms with Crippen LogP contribution in [0.2, 0.25) is 4.34 Å². The zero-order valence-electron chi connectivity index (χ0n) is 10.4. The molecule has 6 heteroatoms. The lowest BCUT2D eigenvalue weighted by Gasteiger charge is -2.35. The average molecular weight is 307 g/mol. The van der Waals surface area contributed by atoms with Crippen molar-refractivity contribution in [3.63, 3.8) is 0 Å². The first-order chi connectivity index (χ1) is 9.67. The van der Waals surface area contributed by atoms with Gasteiger partial charge in [-0.05, 0) is 6.07 Å². The van der Waals surface area contributed by atoms with Gasteiger partial charge < -0.3 is 9.84 Å². The standard InChI is InChI=1S/C14H11ClN2O2S/c15-11-7-17-13(20-11)12(18)14(8-16)5-6-19-10-4-2-1-3-9(10)14/h1-4,7,12,18H,5-6H2. The van der Waals surface area contributed by atoms with Crippen LogP contribution in [0.1, 0.15) is 23.1 Å². The molecule has 102 valence electrons. The highest BCUT2D eigenvalue weighted by Gasteiger charge is 2.46. The summed E-state index contributed by atoms with van der Waals surface area (Å²) in [6, 6.07) is 9.58. The second-order valence-corrected chi connectivity index (χ2v) is 6.28. The number of fused-ring (bicyclic) bond motifs is 1. The molecule has 20 heavy (non-hydrogen) atoms. The number of rotatable bonds is 2. The Labute approximate surface area is 125 Å². The molecule has 1 aromatic heterocycles. The van der Waals surface area contributed by atoms with Crippen molar-refractivity contribution in [3.05, 3.63) is 45.4 Å². The average Bonchev–Trinajstić information content (AvgIpc) is 2.92. The second-order valence-electron chi connectivity index (χ2n) is 4.58. The maximum atomic E-state index is 10.7. The number of aliphatic hydroxyl groups excluding tert-OH is 1. The van der Waals surface area contributed by atoms with E-state index in [4.69, 9.17) is 16.3 Å². The number of para-hydroxylation sites is 1. The van der Waals surface area contributed by atoms with Gasteiger partial charge in [0.2, 0.25) is 0 Å². The van der Waals surface area contributed by atoms with E-state index in [-0.39, 0.29) is 0 Å². The summed E-state index contributed by atoms with van der Waals surface area (Å²) in [6.07, 6.45) is 0.884. The molecule has 0 radical (unpaired) electrons. The van der Waals surface area contributed by atoms with E-state index in [1.165, 1.54) is 17.5 Å². The van der Waals surface area contributed by atoms with Gasteiger partial charge in [-0.25, -0.2) is 4.98 Å². The highest BCUT2D eigenvalue weighted by atomic mass is 35.5. The number of aliphatic hydroxyl groups is 1. The Morgan fingerprint density at radius 1 is 1.50 bits per heavy atom. The van der Waals surface area contributed by atoms with Crippen molar-refractivity contribution >= 4 is 22.9 Å². The first-order valence-electron chi connectivity index (χ1n) is 6.10. The van der Waals surface area contributed by atoms with E-state index >= 15 is 0 Å². The summed E-state index contributed by atoms with van der Waals surface area (Å²) in [7, 11) is 0. The predicted octanol–water partition coefficient (Wildman–Crippen LogP) is 3.07. The number of thiazole rings is 1. The van der Waals surface area contributed by atoms with Crippen molar-refractivity contribution in [2.24, 2.45) is 0 Å². The van der Waals surface area contributed by atoms with Crippen LogP contribution < -0.4 is 4.74 Å². The first kappa shape index (κ1) is 13.4. The fourth-order valence-electron chi connectivity index (χ4n) is 2.48. The summed E-state index contributed by atoms with van der Waals surface area (Å²) >= 11 is 7.06. The molecule has 2 heterocycles. The Kier molecular flexibility index (Phi) is 3.38. The number of halogens is 1.